The molecule has 0 radical (unpaired) electrons. The Hall–Kier alpha value is -1.42. The monoisotopic (exact) mass is 274 g/mol. The van der Waals surface area contributed by atoms with E-state index in [-0.39, 0.29) is 5.54 Å². The zero-order chi connectivity index (χ0) is 13.6. The van der Waals surface area contributed by atoms with Crippen molar-refractivity contribution >= 4 is 25.0 Å². The molecule has 100 valence electrons. The molecule has 0 aliphatic heterocycles. The van der Waals surface area contributed by atoms with Gasteiger partial charge in [-0.1, -0.05) is 18.2 Å². The Morgan fingerprint density at radius 2 is 2.05 bits per heavy atom. The van der Waals surface area contributed by atoms with Gasteiger partial charge in [0.05, 0.1) is 5.52 Å². The maximum absolute atomic E-state index is 14.3. The smallest absolute Gasteiger partial charge is 0.244 e. The lowest BCUT2D eigenvalue weighted by Gasteiger charge is -2.30. The van der Waals surface area contributed by atoms with E-state index in [1.54, 1.807) is 13.1 Å². The second kappa shape index (κ2) is 4.30. The Morgan fingerprint density at radius 3 is 2.79 bits per heavy atom. The summed E-state index contributed by atoms with van der Waals surface area (Å²) in [6.07, 6.45) is 2.52. The lowest BCUT2D eigenvalue weighted by molar-refractivity contribution is 0.601. The van der Waals surface area contributed by atoms with Gasteiger partial charge < -0.3 is 9.84 Å². The van der Waals surface area contributed by atoms with Crippen molar-refractivity contribution in [3.8, 4) is 0 Å². The molecule has 19 heavy (non-hydrogen) atoms. The van der Waals surface area contributed by atoms with Crippen LogP contribution in [0.2, 0.25) is 18.6 Å². The van der Waals surface area contributed by atoms with E-state index >= 15 is 0 Å². The third kappa shape index (κ3) is 2.14. The number of rotatable bonds is 1. The number of hydrogen-bond donors (Lipinski definition) is 1. The molecule has 0 saturated heterocycles. The molecule has 1 heterocycles. The summed E-state index contributed by atoms with van der Waals surface area (Å²) in [5.41, 5.74) is 10.4. The minimum atomic E-state index is -2.59. The molecule has 4 heteroatoms. The molecule has 0 amide bonds. The summed E-state index contributed by atoms with van der Waals surface area (Å²) < 4.78 is 14.3. The third-order valence-electron chi connectivity index (χ3n) is 4.28. The quantitative estimate of drug-likeness (QED) is 0.633. The lowest BCUT2D eigenvalue weighted by Crippen LogP contribution is -2.31. The maximum Gasteiger partial charge on any atom is 0.244 e. The Bertz CT molecular complexity index is 634. The summed E-state index contributed by atoms with van der Waals surface area (Å²) in [6, 6.07) is 7.94. The van der Waals surface area contributed by atoms with E-state index in [1.165, 1.54) is 0 Å². The van der Waals surface area contributed by atoms with Crippen molar-refractivity contribution in [2.24, 2.45) is 0 Å². The number of aromatic nitrogens is 1. The van der Waals surface area contributed by atoms with E-state index in [2.05, 4.69) is 0 Å². The van der Waals surface area contributed by atoms with Crippen LogP contribution in [-0.2, 0) is 12.8 Å². The first-order valence-corrected chi connectivity index (χ1v) is 9.77. The number of benzene rings is 1. The van der Waals surface area contributed by atoms with Crippen LogP contribution in [0.15, 0.2) is 24.3 Å². The van der Waals surface area contributed by atoms with Crippen LogP contribution in [0.4, 0.5) is 9.80 Å². The number of hydrogen-bond acceptors (Lipinski definition) is 2. The summed E-state index contributed by atoms with van der Waals surface area (Å²) in [7, 11) is -2.59. The van der Waals surface area contributed by atoms with E-state index in [0.29, 0.717) is 0 Å². The van der Waals surface area contributed by atoms with Crippen molar-refractivity contribution in [1.82, 2.24) is 4.98 Å². The number of fused-ring (bicyclic) bond motifs is 2. The molecule has 1 atom stereocenters. The molecule has 3 rings (SSSR count). The van der Waals surface area contributed by atoms with Gasteiger partial charge in [-0.2, -0.15) is 0 Å². The lowest BCUT2D eigenvalue weighted by atomic mass is 9.92. The van der Waals surface area contributed by atoms with Gasteiger partial charge in [0.2, 0.25) is 8.41 Å². The molecule has 1 aliphatic carbocycles. The minimum absolute atomic E-state index is 0.174. The largest absolute Gasteiger partial charge is 0.398 e. The van der Waals surface area contributed by atoms with Crippen LogP contribution in [0, 0.1) is 0 Å². The summed E-state index contributed by atoms with van der Waals surface area (Å²) in [5, 5.41) is 1.02. The predicted octanol–water partition coefficient (Wildman–Crippen LogP) is 3.85. The van der Waals surface area contributed by atoms with Gasteiger partial charge in [-0.15, -0.1) is 0 Å². The van der Waals surface area contributed by atoms with Gasteiger partial charge in [-0.25, -0.2) is 0 Å². The van der Waals surface area contributed by atoms with Gasteiger partial charge in [-0.3, -0.25) is 4.98 Å². The Kier molecular flexibility index (Phi) is 2.85. The summed E-state index contributed by atoms with van der Waals surface area (Å²) in [4.78, 5) is 4.72. The topological polar surface area (TPSA) is 38.9 Å². The summed E-state index contributed by atoms with van der Waals surface area (Å²) in [5.74, 6) is 0. The van der Waals surface area contributed by atoms with Crippen molar-refractivity contribution in [2.45, 2.75) is 37.9 Å². The van der Waals surface area contributed by atoms with Gasteiger partial charge in [0.25, 0.3) is 0 Å². The SMILES string of the molecule is C[Si](C)(F)C1CCc2c(nc3ccccc3c2N)C1. The molecular formula is C15H19FN2Si. The summed E-state index contributed by atoms with van der Waals surface area (Å²) >= 11 is 0. The number of para-hydroxylation sites is 1. The standard InChI is InChI=1S/C15H19FN2Si/c1-19(2,16)10-7-8-12-14(9-10)18-13-6-4-3-5-11(13)15(12)17/h3-6,10H,7-9H2,1-2H3,(H2,17,18). The highest BCUT2D eigenvalue weighted by Crippen LogP contribution is 2.39. The number of nitrogens with two attached hydrogens (primary N) is 1. The Balaban J connectivity index is 2.11. The fourth-order valence-corrected chi connectivity index (χ4v) is 4.53. The average molecular weight is 274 g/mol. The van der Waals surface area contributed by atoms with Crippen LogP contribution in [0.3, 0.4) is 0 Å². The van der Waals surface area contributed by atoms with Crippen molar-refractivity contribution in [3.05, 3.63) is 35.5 Å². The van der Waals surface area contributed by atoms with Crippen LogP contribution < -0.4 is 5.73 Å². The van der Waals surface area contributed by atoms with E-state index in [9.17, 15) is 4.11 Å². The van der Waals surface area contributed by atoms with Gasteiger partial charge in [0.15, 0.2) is 0 Å². The van der Waals surface area contributed by atoms with Gasteiger partial charge in [-0.05, 0) is 49.5 Å². The molecule has 2 aromatic rings. The first-order chi connectivity index (χ1) is 8.97. The first-order valence-electron chi connectivity index (χ1n) is 6.81. The molecular weight excluding hydrogens is 255 g/mol. The highest BCUT2D eigenvalue weighted by molar-refractivity contribution is 6.72. The van der Waals surface area contributed by atoms with Crippen LogP contribution in [0.5, 0.6) is 0 Å². The molecule has 0 fully saturated rings. The number of nitrogens with zero attached hydrogens (tertiary/aromatic N) is 1. The average Bonchev–Trinajstić information content (AvgIpc) is 2.37. The summed E-state index contributed by atoms with van der Waals surface area (Å²) in [6.45, 7) is 3.60. The highest BCUT2D eigenvalue weighted by atomic mass is 28.4. The predicted molar refractivity (Wildman–Crippen MR) is 80.5 cm³/mol. The van der Waals surface area contributed by atoms with Crippen LogP contribution >= 0.6 is 0 Å². The van der Waals surface area contributed by atoms with E-state index in [1.807, 2.05) is 24.3 Å². The van der Waals surface area contributed by atoms with Crippen LogP contribution in [0.1, 0.15) is 17.7 Å². The molecule has 1 aromatic carbocycles. The van der Waals surface area contributed by atoms with Crippen LogP contribution in [0.25, 0.3) is 10.9 Å². The van der Waals surface area contributed by atoms with E-state index < -0.39 is 8.41 Å². The zero-order valence-corrected chi connectivity index (χ0v) is 12.4. The fraction of sp³-hybridized carbons (Fsp3) is 0.400. The van der Waals surface area contributed by atoms with Gasteiger partial charge in [0, 0.05) is 16.8 Å². The van der Waals surface area contributed by atoms with Gasteiger partial charge in [0.1, 0.15) is 0 Å². The molecule has 1 unspecified atom stereocenters. The normalized spacial score (nSPS) is 19.4. The number of halogens is 1. The maximum atomic E-state index is 14.3. The van der Waals surface area contributed by atoms with Crippen molar-refractivity contribution in [2.75, 3.05) is 5.73 Å². The Morgan fingerprint density at radius 1 is 1.32 bits per heavy atom. The van der Waals surface area contributed by atoms with Crippen molar-refractivity contribution in [3.63, 3.8) is 0 Å². The second-order valence-corrected chi connectivity index (χ2v) is 9.92. The van der Waals surface area contributed by atoms with Crippen LogP contribution in [-0.4, -0.2) is 13.4 Å². The van der Waals surface area contributed by atoms with Crippen molar-refractivity contribution in [1.29, 1.82) is 0 Å². The zero-order valence-electron chi connectivity index (χ0n) is 11.4. The minimum Gasteiger partial charge on any atom is -0.398 e. The Labute approximate surface area is 114 Å². The number of nitrogen functional groups attached to an aromatic ring is 1. The highest BCUT2D eigenvalue weighted by Gasteiger charge is 2.36. The molecule has 0 saturated carbocycles. The number of anilines is 1. The third-order valence-corrected chi connectivity index (χ3v) is 6.71. The van der Waals surface area contributed by atoms with E-state index in [4.69, 9.17) is 10.7 Å². The van der Waals surface area contributed by atoms with Crippen molar-refractivity contribution < 1.29 is 4.11 Å². The molecule has 2 N–H and O–H groups in total. The first kappa shape index (κ1) is 12.6. The van der Waals surface area contributed by atoms with Gasteiger partial charge >= 0.3 is 0 Å². The molecule has 1 aromatic heterocycles. The second-order valence-electron chi connectivity index (χ2n) is 5.97. The van der Waals surface area contributed by atoms with E-state index in [0.717, 1.165) is 47.1 Å². The fourth-order valence-electron chi connectivity index (χ4n) is 3.02. The number of pyridine rings is 1. The molecule has 0 spiro atoms. The molecule has 1 aliphatic rings. The molecule has 0 bridgehead atoms. The molecule has 2 nitrogen and oxygen atoms in total.